The van der Waals surface area contributed by atoms with Gasteiger partial charge in [0.25, 0.3) is 5.91 Å². The summed E-state index contributed by atoms with van der Waals surface area (Å²) in [6.07, 6.45) is 8.19. The second kappa shape index (κ2) is 10.9. The van der Waals surface area contributed by atoms with E-state index in [9.17, 15) is 9.59 Å². The van der Waals surface area contributed by atoms with Crippen LogP contribution in [0.25, 0.3) is 6.08 Å². The Morgan fingerprint density at radius 1 is 1.06 bits per heavy atom. The molecule has 4 nitrogen and oxygen atoms in total. The molecule has 1 saturated carbocycles. The third kappa shape index (κ3) is 5.63. The first-order chi connectivity index (χ1) is 15.6. The van der Waals surface area contributed by atoms with Crippen LogP contribution in [0.4, 0.5) is 0 Å². The van der Waals surface area contributed by atoms with E-state index in [1.54, 1.807) is 11.8 Å². The molecule has 2 aromatic rings. The third-order valence-electron chi connectivity index (χ3n) is 6.40. The summed E-state index contributed by atoms with van der Waals surface area (Å²) in [6.45, 7) is 2.86. The first-order valence-electron chi connectivity index (χ1n) is 11.7. The fourth-order valence-electron chi connectivity index (χ4n) is 4.56. The number of benzene rings is 2. The van der Waals surface area contributed by atoms with E-state index in [2.05, 4.69) is 48.6 Å². The van der Waals surface area contributed by atoms with Crippen LogP contribution >= 0.6 is 11.8 Å². The largest absolute Gasteiger partial charge is 0.354 e. The number of nitrogens with one attached hydrogen (secondary N) is 1. The molecule has 32 heavy (non-hydrogen) atoms. The summed E-state index contributed by atoms with van der Waals surface area (Å²) in [5, 5.41) is 3.39. The lowest BCUT2D eigenvalue weighted by molar-refractivity contribution is -0.135. The lowest BCUT2D eigenvalue weighted by Crippen LogP contribution is -2.54. The van der Waals surface area contributed by atoms with E-state index in [-0.39, 0.29) is 24.4 Å². The Kier molecular flexibility index (Phi) is 7.69. The maximum Gasteiger partial charge on any atom is 0.261 e. The van der Waals surface area contributed by atoms with Crippen molar-refractivity contribution in [2.45, 2.75) is 56.7 Å². The van der Waals surface area contributed by atoms with E-state index in [0.717, 1.165) is 42.6 Å². The van der Waals surface area contributed by atoms with E-state index in [0.29, 0.717) is 11.8 Å². The summed E-state index contributed by atoms with van der Waals surface area (Å²) in [5.74, 6) is -0.0759. The molecule has 0 aromatic heterocycles. The van der Waals surface area contributed by atoms with Gasteiger partial charge in [-0.25, -0.2) is 0 Å². The van der Waals surface area contributed by atoms with Gasteiger partial charge < -0.3 is 10.2 Å². The Labute approximate surface area is 195 Å². The van der Waals surface area contributed by atoms with Gasteiger partial charge >= 0.3 is 0 Å². The zero-order valence-electron chi connectivity index (χ0n) is 18.8. The summed E-state index contributed by atoms with van der Waals surface area (Å²) in [6, 6.07) is 18.7. The monoisotopic (exact) mass is 448 g/mol. The highest BCUT2D eigenvalue weighted by atomic mass is 32.2. The minimum Gasteiger partial charge on any atom is -0.354 e. The van der Waals surface area contributed by atoms with Crippen LogP contribution in [0.15, 0.2) is 59.5 Å². The maximum absolute atomic E-state index is 13.4. The number of amides is 2. The number of hydrogen-bond donors (Lipinski definition) is 1. The second-order valence-electron chi connectivity index (χ2n) is 8.63. The summed E-state index contributed by atoms with van der Waals surface area (Å²) < 4.78 is 0. The molecule has 2 aliphatic rings. The number of rotatable bonds is 7. The Balaban J connectivity index is 1.44. The molecule has 1 aliphatic heterocycles. The maximum atomic E-state index is 13.4. The average Bonchev–Trinajstić information content (AvgIpc) is 2.83. The van der Waals surface area contributed by atoms with Crippen molar-refractivity contribution in [3.63, 3.8) is 0 Å². The van der Waals surface area contributed by atoms with Crippen LogP contribution in [0.2, 0.25) is 0 Å². The minimum atomic E-state index is -0.0721. The van der Waals surface area contributed by atoms with Crippen molar-refractivity contribution < 1.29 is 9.59 Å². The number of thioether (sulfide) groups is 1. The average molecular weight is 449 g/mol. The van der Waals surface area contributed by atoms with Gasteiger partial charge in [0.15, 0.2) is 0 Å². The molecule has 168 valence electrons. The predicted octanol–water partition coefficient (Wildman–Crippen LogP) is 4.84. The van der Waals surface area contributed by atoms with Crippen LogP contribution < -0.4 is 5.32 Å². The van der Waals surface area contributed by atoms with Crippen molar-refractivity contribution in [3.05, 3.63) is 76.2 Å². The number of aryl methyl sites for hydroxylation is 1. The molecule has 1 N–H and O–H groups in total. The Bertz CT molecular complexity index is 955. The van der Waals surface area contributed by atoms with Crippen molar-refractivity contribution in [1.29, 1.82) is 0 Å². The highest BCUT2D eigenvalue weighted by Crippen LogP contribution is 2.42. The number of carbonyl (C=O) groups excluding carboxylic acids is 2. The van der Waals surface area contributed by atoms with Crippen molar-refractivity contribution in [2.24, 2.45) is 0 Å². The first kappa shape index (κ1) is 22.7. The quantitative estimate of drug-likeness (QED) is 0.617. The van der Waals surface area contributed by atoms with Crippen molar-refractivity contribution in [1.82, 2.24) is 10.2 Å². The van der Waals surface area contributed by atoms with Crippen LogP contribution in [0.5, 0.6) is 0 Å². The standard InChI is InChI=1S/C27H32N2O2S/c1-2-20-12-14-22(15-13-20)18-25-27(31)29(23-10-6-7-11-24(23)32-25)19-26(30)28-17-16-21-8-4-3-5-9-21/h3-5,8-9,12-15,18,23-24H,2,6-7,10-11,16-17,19H2,1H3,(H,28,30)/b25-18+. The van der Waals surface area contributed by atoms with Crippen LogP contribution in [-0.4, -0.2) is 41.1 Å². The van der Waals surface area contributed by atoms with Gasteiger partial charge in [-0.3, -0.25) is 9.59 Å². The lowest BCUT2D eigenvalue weighted by atomic mass is 9.93. The summed E-state index contributed by atoms with van der Waals surface area (Å²) in [5.41, 5.74) is 3.53. The molecular weight excluding hydrogens is 416 g/mol. The third-order valence-corrected chi connectivity index (χ3v) is 7.80. The number of hydrogen-bond acceptors (Lipinski definition) is 3. The number of nitrogens with zero attached hydrogens (tertiary/aromatic N) is 1. The fourth-order valence-corrected chi connectivity index (χ4v) is 6.04. The minimum absolute atomic E-state index is 0.00377. The van der Waals surface area contributed by atoms with Crippen LogP contribution in [0, 0.1) is 0 Å². The van der Waals surface area contributed by atoms with Crippen LogP contribution in [0.1, 0.15) is 49.3 Å². The van der Waals surface area contributed by atoms with Crippen molar-refractivity contribution in [2.75, 3.05) is 13.1 Å². The topological polar surface area (TPSA) is 49.4 Å². The second-order valence-corrected chi connectivity index (χ2v) is 9.91. The van der Waals surface area contributed by atoms with Gasteiger partial charge in [-0.15, -0.1) is 11.8 Å². The molecule has 0 radical (unpaired) electrons. The van der Waals surface area contributed by atoms with Crippen LogP contribution in [-0.2, 0) is 22.4 Å². The number of carbonyl (C=O) groups is 2. The molecule has 2 amide bonds. The van der Waals surface area contributed by atoms with E-state index >= 15 is 0 Å². The molecule has 2 unspecified atom stereocenters. The molecule has 0 spiro atoms. The van der Waals surface area contributed by atoms with E-state index < -0.39 is 0 Å². The molecule has 1 aliphatic carbocycles. The molecule has 4 rings (SSSR count). The van der Waals surface area contributed by atoms with Gasteiger partial charge in [0.2, 0.25) is 5.91 Å². The zero-order valence-corrected chi connectivity index (χ0v) is 19.6. The molecule has 1 saturated heterocycles. The lowest BCUT2D eigenvalue weighted by Gasteiger charge is -2.43. The molecule has 2 aromatic carbocycles. The SMILES string of the molecule is CCc1ccc(/C=C2/SC3CCCCC3N(CC(=O)NCCc3ccccc3)C2=O)cc1. The van der Waals surface area contributed by atoms with Crippen molar-refractivity contribution >= 4 is 29.7 Å². The Hall–Kier alpha value is -2.53. The smallest absolute Gasteiger partial charge is 0.261 e. The highest BCUT2D eigenvalue weighted by molar-refractivity contribution is 8.04. The zero-order chi connectivity index (χ0) is 22.3. The Morgan fingerprint density at radius 2 is 1.81 bits per heavy atom. The summed E-state index contributed by atoms with van der Waals surface area (Å²) in [4.78, 5) is 28.7. The van der Waals surface area contributed by atoms with E-state index in [1.807, 2.05) is 29.2 Å². The molecular formula is C27H32N2O2S. The van der Waals surface area contributed by atoms with Crippen LogP contribution in [0.3, 0.4) is 0 Å². The highest BCUT2D eigenvalue weighted by Gasteiger charge is 2.41. The van der Waals surface area contributed by atoms with Gasteiger partial charge in [0, 0.05) is 17.8 Å². The predicted molar refractivity (Wildman–Crippen MR) is 132 cm³/mol. The number of fused-ring (bicyclic) bond motifs is 1. The first-order valence-corrected chi connectivity index (χ1v) is 12.6. The van der Waals surface area contributed by atoms with Gasteiger partial charge in [-0.05, 0) is 48.4 Å². The van der Waals surface area contributed by atoms with Gasteiger partial charge in [-0.2, -0.15) is 0 Å². The van der Waals surface area contributed by atoms with Gasteiger partial charge in [0.1, 0.15) is 6.54 Å². The Morgan fingerprint density at radius 3 is 2.56 bits per heavy atom. The summed E-state index contributed by atoms with van der Waals surface area (Å²) >= 11 is 1.71. The molecule has 2 fully saturated rings. The molecule has 5 heteroatoms. The van der Waals surface area contributed by atoms with Gasteiger partial charge in [-0.1, -0.05) is 74.4 Å². The van der Waals surface area contributed by atoms with E-state index in [1.165, 1.54) is 17.5 Å². The normalized spacial score (nSPS) is 22.0. The molecule has 2 atom stereocenters. The summed E-state index contributed by atoms with van der Waals surface area (Å²) in [7, 11) is 0. The van der Waals surface area contributed by atoms with Crippen molar-refractivity contribution in [3.8, 4) is 0 Å². The molecule has 0 bridgehead atoms. The van der Waals surface area contributed by atoms with Gasteiger partial charge in [0.05, 0.1) is 4.91 Å². The van der Waals surface area contributed by atoms with E-state index in [4.69, 9.17) is 0 Å². The molecule has 1 heterocycles. The fraction of sp³-hybridized carbons (Fsp3) is 0.407.